The third-order valence-corrected chi connectivity index (χ3v) is 0. The molecule has 0 N–H and O–H groups in total. The summed E-state index contributed by atoms with van der Waals surface area (Å²) in [6, 6.07) is 0. The van der Waals surface area contributed by atoms with Crippen LogP contribution in [0.4, 0.5) is 4.70 Å². The van der Waals surface area contributed by atoms with Crippen LogP contribution in [-0.4, -0.2) is 8.41 Å². The average molecular weight is 233 g/mol. The van der Waals surface area contributed by atoms with E-state index in [0.29, 0.717) is 0 Å². The van der Waals surface area contributed by atoms with E-state index in [1.54, 1.807) is 0 Å². The molecule has 0 aromatic rings. The molecule has 0 heterocycles. The summed E-state index contributed by atoms with van der Waals surface area (Å²) in [4.78, 5) is 0. The molecular formula is H3BFFeNd. The first-order chi connectivity index (χ1) is 0. The second-order valence-electron chi connectivity index (χ2n) is 0. The Morgan fingerprint density at radius 3 is 1.00 bits per heavy atom. The molecule has 0 aliphatic carbocycles. The molecule has 0 atom stereocenters. The Morgan fingerprint density at radius 2 is 1.00 bits per heavy atom. The van der Waals surface area contributed by atoms with E-state index in [9.17, 15) is 0 Å². The molecule has 0 aliphatic heterocycles. The van der Waals surface area contributed by atoms with Crippen LogP contribution >= 0.6 is 0 Å². The Bertz CT molecular complexity index is 8.00. The number of hydrogen-bond donors (Lipinski definition) is 0. The van der Waals surface area contributed by atoms with Crippen LogP contribution in [-0.2, 0) is 17.1 Å². The summed E-state index contributed by atoms with van der Waals surface area (Å²) in [5.41, 5.74) is 0. The van der Waals surface area contributed by atoms with Gasteiger partial charge in [0.2, 0.25) is 0 Å². The van der Waals surface area contributed by atoms with Gasteiger partial charge in [0.25, 0.3) is 0 Å². The molecule has 25 valence electrons. The van der Waals surface area contributed by atoms with Gasteiger partial charge in [-0.25, -0.2) is 0 Å². The summed E-state index contributed by atoms with van der Waals surface area (Å²) in [6.07, 6.45) is 0. The first kappa shape index (κ1) is 39.9. The molecule has 0 unspecified atom stereocenters. The molecule has 0 aliphatic rings. The SMILES string of the molecule is B.[F].[Fe].[Nd]. The van der Waals surface area contributed by atoms with Crippen molar-refractivity contribution in [3.05, 3.63) is 0 Å². The average Bonchev–Trinajstić information content (AvgIpc) is 0. The summed E-state index contributed by atoms with van der Waals surface area (Å²) >= 11 is 0. The van der Waals surface area contributed by atoms with Crippen LogP contribution in [0.15, 0.2) is 0 Å². The summed E-state index contributed by atoms with van der Waals surface area (Å²) in [6.45, 7) is 0. The first-order valence-electron chi connectivity index (χ1n) is 0. The van der Waals surface area contributed by atoms with Crippen LogP contribution in [0.5, 0.6) is 0 Å². The zero-order chi connectivity index (χ0) is 0. The van der Waals surface area contributed by atoms with Gasteiger partial charge in [-0.05, 0) is 0 Å². The number of hydrogen-bond acceptors (Lipinski definition) is 0. The standard InChI is InChI=1S/BH3.F.Fe.Nd/h1H3;;;. The van der Waals surface area contributed by atoms with Crippen molar-refractivity contribution in [3.63, 3.8) is 0 Å². The van der Waals surface area contributed by atoms with Crippen molar-refractivity contribution in [2.75, 3.05) is 0 Å². The zero-order valence-corrected chi connectivity index (χ0v) is 5.54. The second-order valence-corrected chi connectivity index (χ2v) is 0. The molecule has 0 aromatic carbocycles. The zero-order valence-electron chi connectivity index (χ0n) is 1.23. The predicted octanol–water partition coefficient (Wildman–Crippen LogP) is -0.766. The minimum atomic E-state index is 0. The summed E-state index contributed by atoms with van der Waals surface area (Å²) in [5.74, 6) is 0. The van der Waals surface area contributed by atoms with Gasteiger partial charge in [-0.3, -0.25) is 0 Å². The van der Waals surface area contributed by atoms with Crippen molar-refractivity contribution in [2.45, 2.75) is 0 Å². The van der Waals surface area contributed by atoms with Gasteiger partial charge in [-0.1, -0.05) is 0 Å². The Kier molecular flexibility index (Phi) is 208. The smallest absolute Gasteiger partial charge is 0 e. The van der Waals surface area contributed by atoms with Crippen molar-refractivity contribution < 1.29 is 62.6 Å². The van der Waals surface area contributed by atoms with E-state index in [1.165, 1.54) is 0 Å². The fourth-order valence-electron chi connectivity index (χ4n) is 0. The maximum absolute atomic E-state index is 0. The molecular weight excluding hydrogens is 230 g/mol. The van der Waals surface area contributed by atoms with E-state index in [1.807, 2.05) is 0 Å². The fraction of sp³-hybridized carbons (Fsp3) is 0. The van der Waals surface area contributed by atoms with Gasteiger partial charge in [0.05, 0.1) is 8.41 Å². The van der Waals surface area contributed by atoms with E-state index in [2.05, 4.69) is 0 Å². The van der Waals surface area contributed by atoms with Gasteiger partial charge >= 0.3 is 0 Å². The maximum Gasteiger partial charge on any atom is 0.0814 e. The Balaban J connectivity index is 0. The fourth-order valence-corrected chi connectivity index (χ4v) is 0. The van der Waals surface area contributed by atoms with Crippen LogP contribution in [0.1, 0.15) is 0 Å². The van der Waals surface area contributed by atoms with Crippen LogP contribution in [0.25, 0.3) is 0 Å². The van der Waals surface area contributed by atoms with Gasteiger partial charge in [-0.2, -0.15) is 0 Å². The van der Waals surface area contributed by atoms with Crippen LogP contribution in [0, 0.1) is 40.8 Å². The number of halogens is 1. The first-order valence-corrected chi connectivity index (χ1v) is 0. The van der Waals surface area contributed by atoms with Gasteiger partial charge in [0.1, 0.15) is 0 Å². The molecule has 0 saturated carbocycles. The van der Waals surface area contributed by atoms with Gasteiger partial charge < -0.3 is 0 Å². The third-order valence-electron chi connectivity index (χ3n) is 0. The molecule has 0 fully saturated rings. The minimum absolute atomic E-state index is 0. The maximum atomic E-state index is 0. The molecule has 0 spiro atoms. The van der Waals surface area contributed by atoms with Crippen LogP contribution in [0.2, 0.25) is 0 Å². The van der Waals surface area contributed by atoms with Crippen molar-refractivity contribution >= 4 is 8.41 Å². The van der Waals surface area contributed by atoms with Gasteiger partial charge in [0.15, 0.2) is 0 Å². The van der Waals surface area contributed by atoms with E-state index in [4.69, 9.17) is 0 Å². The van der Waals surface area contributed by atoms with E-state index in [0.717, 1.165) is 0 Å². The van der Waals surface area contributed by atoms with E-state index < -0.39 is 0 Å². The van der Waals surface area contributed by atoms with E-state index in [-0.39, 0.29) is 71.0 Å². The van der Waals surface area contributed by atoms with Crippen LogP contribution in [0.3, 0.4) is 0 Å². The van der Waals surface area contributed by atoms with E-state index >= 15 is 0 Å². The molecule has 1 radical (unpaired) electrons. The molecule has 0 aromatic heterocycles. The van der Waals surface area contributed by atoms with Crippen molar-refractivity contribution in [2.24, 2.45) is 0 Å². The molecule has 4 heteroatoms. The predicted molar refractivity (Wildman–Crippen MR) is 11.0 cm³/mol. The molecule has 0 rings (SSSR count). The largest absolute Gasteiger partial charge is 0.0814 e. The minimum Gasteiger partial charge on any atom is 0 e. The summed E-state index contributed by atoms with van der Waals surface area (Å²) in [5, 5.41) is 0. The Hall–Kier alpha value is 1.87. The van der Waals surface area contributed by atoms with Crippen LogP contribution < -0.4 is 0 Å². The molecule has 0 saturated heterocycles. The van der Waals surface area contributed by atoms with Crippen molar-refractivity contribution in [1.29, 1.82) is 0 Å². The van der Waals surface area contributed by atoms with Gasteiger partial charge in [-0.15, -0.1) is 0 Å². The number of rotatable bonds is 0. The topological polar surface area (TPSA) is 0 Å². The van der Waals surface area contributed by atoms with Gasteiger partial charge in [0, 0.05) is 62.6 Å². The quantitative estimate of drug-likeness (QED) is 0.482. The molecule has 0 amide bonds. The van der Waals surface area contributed by atoms with Crippen molar-refractivity contribution in [3.8, 4) is 0 Å². The third kappa shape index (κ3) is 9.12. The molecule has 0 bridgehead atoms. The summed E-state index contributed by atoms with van der Waals surface area (Å²) < 4.78 is 0. The monoisotopic (exact) mass is 231 g/mol. The molecule has 0 nitrogen and oxygen atoms in total. The Labute approximate surface area is 70.0 Å². The summed E-state index contributed by atoms with van der Waals surface area (Å²) in [7, 11) is 0. The molecule has 4 heavy (non-hydrogen) atoms. The normalized spacial score (nSPS) is 0. The van der Waals surface area contributed by atoms with Crippen molar-refractivity contribution in [1.82, 2.24) is 0 Å². The Morgan fingerprint density at radius 1 is 1.00 bits per heavy atom. The second kappa shape index (κ2) is 20.9.